The second kappa shape index (κ2) is 8.65. The van der Waals surface area contributed by atoms with Crippen molar-refractivity contribution in [1.82, 2.24) is 15.0 Å². The van der Waals surface area contributed by atoms with Crippen molar-refractivity contribution in [3.63, 3.8) is 0 Å². The Hall–Kier alpha value is -2.35. The van der Waals surface area contributed by atoms with Gasteiger partial charge in [0.05, 0.1) is 13.2 Å². The Kier molecular flexibility index (Phi) is 5.73. The molecule has 4 aromatic rings. The molecule has 162 valence electrons. The first kappa shape index (κ1) is 20.5. The largest absolute Gasteiger partial charge is 0.378 e. The fourth-order valence-electron chi connectivity index (χ4n) is 4.71. The summed E-state index contributed by atoms with van der Waals surface area (Å²) in [5, 5.41) is 2.44. The Morgan fingerprint density at radius 2 is 1.74 bits per heavy atom. The molecule has 2 fully saturated rings. The third kappa shape index (κ3) is 3.86. The maximum absolute atomic E-state index is 5.46. The molecular weight excluding hydrogens is 430 g/mol. The normalized spacial score (nSPS) is 17.9. The van der Waals surface area contributed by atoms with Gasteiger partial charge in [-0.1, -0.05) is 29.5 Å². The van der Waals surface area contributed by atoms with Crippen LogP contribution in [0, 0.1) is 0 Å². The number of aromatic nitrogens is 3. The summed E-state index contributed by atoms with van der Waals surface area (Å²) < 4.78 is 5.46. The molecule has 31 heavy (non-hydrogen) atoms. The number of rotatable bonds is 3. The second-order valence-corrected chi connectivity index (χ2v) is 9.10. The van der Waals surface area contributed by atoms with Crippen LogP contribution in [-0.4, -0.2) is 54.3 Å². The van der Waals surface area contributed by atoms with Crippen molar-refractivity contribution in [3.8, 4) is 0 Å². The van der Waals surface area contributed by atoms with Gasteiger partial charge >= 0.3 is 0 Å². The maximum Gasteiger partial charge on any atom is 0.188 e. The minimum absolute atomic E-state index is 0. The topological polar surface area (TPSA) is 57.3 Å². The monoisotopic (exact) mass is 455 g/mol. The number of ether oxygens (including phenoxy) is 1. The van der Waals surface area contributed by atoms with Crippen molar-refractivity contribution < 1.29 is 4.74 Å². The van der Waals surface area contributed by atoms with Crippen LogP contribution in [0.1, 0.15) is 24.3 Å². The number of fused-ring (bicyclic) bond motifs is 2. The van der Waals surface area contributed by atoms with E-state index in [0.717, 1.165) is 73.5 Å². The molecule has 0 atom stereocenters. The number of hydrogen-bond acceptors (Lipinski definition) is 6. The molecule has 5 heterocycles. The molecule has 0 radical (unpaired) electrons. The highest BCUT2D eigenvalue weighted by molar-refractivity contribution is 7.21. The van der Waals surface area contributed by atoms with Gasteiger partial charge in [0.15, 0.2) is 5.13 Å². The fraction of sp³-hybridized carbons (Fsp3) is 0.391. The highest BCUT2D eigenvalue weighted by Crippen LogP contribution is 2.35. The van der Waals surface area contributed by atoms with E-state index in [1.807, 2.05) is 0 Å². The molecule has 6 nitrogen and oxygen atoms in total. The van der Waals surface area contributed by atoms with E-state index in [0.29, 0.717) is 5.92 Å². The Morgan fingerprint density at radius 1 is 0.935 bits per heavy atom. The zero-order chi connectivity index (χ0) is 19.9. The van der Waals surface area contributed by atoms with E-state index in [4.69, 9.17) is 14.7 Å². The van der Waals surface area contributed by atoms with E-state index < -0.39 is 0 Å². The Labute approximate surface area is 191 Å². The quantitative estimate of drug-likeness (QED) is 0.480. The molecule has 0 amide bonds. The highest BCUT2D eigenvalue weighted by atomic mass is 35.5. The van der Waals surface area contributed by atoms with Gasteiger partial charge in [-0.25, -0.2) is 9.97 Å². The third-order valence-electron chi connectivity index (χ3n) is 6.39. The molecular formula is C23H26ClN5OS. The van der Waals surface area contributed by atoms with Gasteiger partial charge in [0.1, 0.15) is 16.2 Å². The Bertz CT molecular complexity index is 1180. The number of halogens is 1. The van der Waals surface area contributed by atoms with Crippen LogP contribution in [-0.2, 0) is 4.74 Å². The molecule has 2 aliphatic rings. The minimum atomic E-state index is 0. The van der Waals surface area contributed by atoms with Gasteiger partial charge in [-0.05, 0) is 42.5 Å². The van der Waals surface area contributed by atoms with Crippen LogP contribution in [0.25, 0.3) is 21.3 Å². The second-order valence-electron chi connectivity index (χ2n) is 8.14. The molecule has 1 aromatic carbocycles. The van der Waals surface area contributed by atoms with Crippen molar-refractivity contribution in [1.29, 1.82) is 0 Å². The Morgan fingerprint density at radius 3 is 2.58 bits per heavy atom. The number of aromatic amines is 1. The van der Waals surface area contributed by atoms with E-state index in [-0.39, 0.29) is 12.4 Å². The van der Waals surface area contributed by atoms with Crippen LogP contribution in [0.3, 0.4) is 0 Å². The maximum atomic E-state index is 5.46. The molecule has 8 heteroatoms. The van der Waals surface area contributed by atoms with E-state index in [1.165, 1.54) is 16.5 Å². The summed E-state index contributed by atoms with van der Waals surface area (Å²) in [5.41, 5.74) is 3.70. The lowest BCUT2D eigenvalue weighted by molar-refractivity contribution is 0.122. The van der Waals surface area contributed by atoms with Crippen LogP contribution >= 0.6 is 23.7 Å². The summed E-state index contributed by atoms with van der Waals surface area (Å²) in [6.07, 6.45) is 4.52. The number of piperidine rings is 1. The lowest BCUT2D eigenvalue weighted by Gasteiger charge is -2.32. The first-order valence-electron chi connectivity index (χ1n) is 10.8. The lowest BCUT2D eigenvalue weighted by atomic mass is 9.89. The van der Waals surface area contributed by atoms with Crippen molar-refractivity contribution in [2.45, 2.75) is 18.8 Å². The van der Waals surface area contributed by atoms with Crippen molar-refractivity contribution in [2.24, 2.45) is 0 Å². The zero-order valence-electron chi connectivity index (χ0n) is 17.3. The number of anilines is 2. The molecule has 0 aliphatic carbocycles. The average Bonchev–Trinajstić information content (AvgIpc) is 3.44. The van der Waals surface area contributed by atoms with Gasteiger partial charge in [-0.3, -0.25) is 0 Å². The summed E-state index contributed by atoms with van der Waals surface area (Å²) >= 11 is 1.70. The van der Waals surface area contributed by atoms with Gasteiger partial charge < -0.3 is 19.5 Å². The number of hydrogen-bond donors (Lipinski definition) is 1. The standard InChI is InChI=1S/C23H25N5OS.ClH/c1-2-4-19-17(3-1)18(15-24-19)16-7-9-27(10-8-16)21-6-5-20-22(26-21)30-23(25-20)28-11-13-29-14-12-28;/h1-6,15-16,24H,7-14H2;1H. The third-order valence-corrected chi connectivity index (χ3v) is 7.42. The van der Waals surface area contributed by atoms with Crippen LogP contribution in [0.5, 0.6) is 0 Å². The number of thiazole rings is 1. The van der Waals surface area contributed by atoms with Gasteiger partial charge in [0.2, 0.25) is 0 Å². The summed E-state index contributed by atoms with van der Waals surface area (Å²) in [7, 11) is 0. The summed E-state index contributed by atoms with van der Waals surface area (Å²) in [4.78, 5) is 19.0. The van der Waals surface area contributed by atoms with Crippen LogP contribution in [0.15, 0.2) is 42.6 Å². The first-order valence-corrected chi connectivity index (χ1v) is 11.6. The molecule has 0 saturated carbocycles. The molecule has 0 unspecified atom stereocenters. The lowest BCUT2D eigenvalue weighted by Crippen LogP contribution is -2.36. The molecule has 1 N–H and O–H groups in total. The SMILES string of the molecule is Cl.c1ccc2c(C3CCN(c4ccc5nc(N6CCOCC6)sc5n4)CC3)c[nH]c2c1. The number of H-pyrrole nitrogens is 1. The summed E-state index contributed by atoms with van der Waals surface area (Å²) in [6, 6.07) is 12.9. The molecule has 0 bridgehead atoms. The Balaban J connectivity index is 0.00000204. The summed E-state index contributed by atoms with van der Waals surface area (Å²) in [5.74, 6) is 1.69. The van der Waals surface area contributed by atoms with Crippen molar-refractivity contribution in [2.75, 3.05) is 49.2 Å². The van der Waals surface area contributed by atoms with Crippen molar-refractivity contribution >= 4 is 55.9 Å². The molecule has 2 saturated heterocycles. The van der Waals surface area contributed by atoms with Crippen LogP contribution in [0.2, 0.25) is 0 Å². The van der Waals surface area contributed by atoms with Crippen molar-refractivity contribution in [3.05, 3.63) is 48.2 Å². The van der Waals surface area contributed by atoms with E-state index in [9.17, 15) is 0 Å². The van der Waals surface area contributed by atoms with Crippen LogP contribution < -0.4 is 9.80 Å². The highest BCUT2D eigenvalue weighted by Gasteiger charge is 2.24. The van der Waals surface area contributed by atoms with E-state index >= 15 is 0 Å². The fourth-order valence-corrected chi connectivity index (χ4v) is 5.70. The number of pyridine rings is 1. The van der Waals surface area contributed by atoms with Crippen LogP contribution in [0.4, 0.5) is 10.9 Å². The zero-order valence-corrected chi connectivity index (χ0v) is 18.9. The number of morpholine rings is 1. The number of nitrogens with zero attached hydrogens (tertiary/aromatic N) is 4. The van der Waals surface area contributed by atoms with Gasteiger partial charge in [0, 0.05) is 43.3 Å². The van der Waals surface area contributed by atoms with Gasteiger partial charge in [-0.15, -0.1) is 12.4 Å². The molecule has 3 aromatic heterocycles. The number of nitrogens with one attached hydrogen (secondary N) is 1. The number of para-hydroxylation sites is 1. The summed E-state index contributed by atoms with van der Waals surface area (Å²) in [6.45, 7) is 5.46. The molecule has 2 aliphatic heterocycles. The molecule has 0 spiro atoms. The smallest absolute Gasteiger partial charge is 0.188 e. The first-order chi connectivity index (χ1) is 14.8. The average molecular weight is 456 g/mol. The molecule has 6 rings (SSSR count). The van der Waals surface area contributed by atoms with E-state index in [1.54, 1.807) is 11.3 Å². The minimum Gasteiger partial charge on any atom is -0.378 e. The number of benzene rings is 1. The van der Waals surface area contributed by atoms with E-state index in [2.05, 4.69) is 57.4 Å². The van der Waals surface area contributed by atoms with Gasteiger partial charge in [-0.2, -0.15) is 0 Å². The predicted octanol–water partition coefficient (Wildman–Crippen LogP) is 4.82. The predicted molar refractivity (Wildman–Crippen MR) is 130 cm³/mol. The van der Waals surface area contributed by atoms with Gasteiger partial charge in [0.25, 0.3) is 0 Å².